The van der Waals surface area contributed by atoms with Crippen LogP contribution < -0.4 is 5.73 Å². The van der Waals surface area contributed by atoms with Gasteiger partial charge in [-0.05, 0) is 36.1 Å². The maximum Gasteiger partial charge on any atom is 0.162 e. The summed E-state index contributed by atoms with van der Waals surface area (Å²) in [5.74, 6) is 0.0967. The zero-order valence-corrected chi connectivity index (χ0v) is 9.05. The first-order valence-corrected chi connectivity index (χ1v) is 5.29. The first-order valence-electron chi connectivity index (χ1n) is 5.29. The summed E-state index contributed by atoms with van der Waals surface area (Å²) in [7, 11) is 0. The summed E-state index contributed by atoms with van der Waals surface area (Å²) in [5.41, 5.74) is 9.54. The van der Waals surface area contributed by atoms with Crippen LogP contribution in [-0.4, -0.2) is 12.0 Å². The molecule has 1 aromatic rings. The van der Waals surface area contributed by atoms with Crippen molar-refractivity contribution in [2.24, 2.45) is 0 Å². The molecule has 0 fully saturated rings. The Kier molecular flexibility index (Phi) is 2.60. The van der Waals surface area contributed by atoms with Crippen LogP contribution in [0.5, 0.6) is 0 Å². The predicted molar refractivity (Wildman–Crippen MR) is 65.7 cm³/mol. The van der Waals surface area contributed by atoms with Gasteiger partial charge in [0.15, 0.2) is 5.78 Å². The Bertz CT molecular complexity index is 489. The maximum atomic E-state index is 11.7. The number of allylic oxidation sites excluding steroid dienone is 1. The second kappa shape index (κ2) is 3.93. The minimum atomic E-state index is 0.0967. The van der Waals surface area contributed by atoms with Gasteiger partial charge in [-0.3, -0.25) is 4.79 Å². The summed E-state index contributed by atoms with van der Waals surface area (Å²) in [6, 6.07) is 3.66. The second-order valence-corrected chi connectivity index (χ2v) is 4.04. The molecule has 0 bridgehead atoms. The van der Waals surface area contributed by atoms with E-state index in [1.54, 1.807) is 6.07 Å². The highest BCUT2D eigenvalue weighted by Crippen LogP contribution is 2.29. The van der Waals surface area contributed by atoms with Gasteiger partial charge in [0.2, 0.25) is 0 Å². The zero-order valence-electron chi connectivity index (χ0n) is 9.05. The van der Waals surface area contributed by atoms with Crippen LogP contribution in [-0.2, 0) is 11.2 Å². The Labute approximate surface area is 94.5 Å². The molecule has 0 saturated carbocycles. The van der Waals surface area contributed by atoms with E-state index in [0.717, 1.165) is 24.0 Å². The zero-order chi connectivity index (χ0) is 11.7. The van der Waals surface area contributed by atoms with Crippen LogP contribution >= 0.6 is 0 Å². The maximum absolute atomic E-state index is 11.7. The number of hydrogen-bond acceptors (Lipinski definition) is 3. The molecule has 3 heteroatoms. The smallest absolute Gasteiger partial charge is 0.162 e. The largest absolute Gasteiger partial charge is 0.398 e. The average molecular weight is 214 g/mol. The highest BCUT2D eigenvalue weighted by molar-refractivity contribution is 6.21. The summed E-state index contributed by atoms with van der Waals surface area (Å²) in [6.07, 6.45) is 3.45. The van der Waals surface area contributed by atoms with E-state index in [0.29, 0.717) is 23.2 Å². The molecule has 1 aliphatic carbocycles. The lowest BCUT2D eigenvalue weighted by atomic mass is 9.96. The van der Waals surface area contributed by atoms with Crippen molar-refractivity contribution in [1.29, 1.82) is 5.41 Å². The summed E-state index contributed by atoms with van der Waals surface area (Å²) in [6.45, 7) is 3.84. The molecule has 0 saturated heterocycles. The molecular formula is C13H14N2O. The molecule has 0 heterocycles. The van der Waals surface area contributed by atoms with Gasteiger partial charge in [0.05, 0.1) is 0 Å². The number of nitrogens with one attached hydrogen (secondary N) is 1. The second-order valence-electron chi connectivity index (χ2n) is 4.04. The van der Waals surface area contributed by atoms with Crippen LogP contribution in [0.25, 0.3) is 5.57 Å². The van der Waals surface area contributed by atoms with Crippen LogP contribution in [0.2, 0.25) is 0 Å². The Balaban J connectivity index is 2.61. The van der Waals surface area contributed by atoms with Crippen molar-refractivity contribution in [2.75, 3.05) is 5.73 Å². The van der Waals surface area contributed by atoms with Crippen LogP contribution in [0, 0.1) is 5.41 Å². The average Bonchev–Trinajstić information content (AvgIpc) is 2.39. The highest BCUT2D eigenvalue weighted by atomic mass is 16.1. The lowest BCUT2D eigenvalue weighted by molar-refractivity contribution is -0.113. The lowest BCUT2D eigenvalue weighted by Crippen LogP contribution is -2.01. The molecular weight excluding hydrogens is 200 g/mol. The Hall–Kier alpha value is -1.90. The summed E-state index contributed by atoms with van der Waals surface area (Å²) < 4.78 is 0. The van der Waals surface area contributed by atoms with Crippen molar-refractivity contribution in [2.45, 2.75) is 19.3 Å². The van der Waals surface area contributed by atoms with Gasteiger partial charge in [-0.2, -0.15) is 0 Å². The third-order valence-electron chi connectivity index (χ3n) is 2.98. The highest BCUT2D eigenvalue weighted by Gasteiger charge is 2.18. The van der Waals surface area contributed by atoms with E-state index in [4.69, 9.17) is 11.1 Å². The molecule has 82 valence electrons. The van der Waals surface area contributed by atoms with Crippen LogP contribution in [0.1, 0.15) is 29.5 Å². The fourth-order valence-corrected chi connectivity index (χ4v) is 2.03. The van der Waals surface area contributed by atoms with Gasteiger partial charge in [-0.1, -0.05) is 6.58 Å². The fraction of sp³-hybridized carbons (Fsp3) is 0.231. The number of nitrogens with two attached hydrogens (primary N) is 1. The quantitative estimate of drug-likeness (QED) is 0.325. The summed E-state index contributed by atoms with van der Waals surface area (Å²) in [5, 5.41) is 7.25. The summed E-state index contributed by atoms with van der Waals surface area (Å²) >= 11 is 0. The lowest BCUT2D eigenvalue weighted by Gasteiger charge is -2.10. The number of fused-ring (bicyclic) bond motifs is 1. The van der Waals surface area contributed by atoms with E-state index in [9.17, 15) is 4.79 Å². The number of carbonyl (C=O) groups excluding carboxylic acids is 1. The monoisotopic (exact) mass is 214 g/mol. The SMILES string of the molecule is C=C1C(=O)CCCc2cc(N)c(C=N)cc21. The van der Waals surface area contributed by atoms with Crippen molar-refractivity contribution in [1.82, 2.24) is 0 Å². The van der Waals surface area contributed by atoms with E-state index in [-0.39, 0.29) is 5.78 Å². The molecule has 0 spiro atoms. The van der Waals surface area contributed by atoms with Gasteiger partial charge in [-0.15, -0.1) is 0 Å². The number of rotatable bonds is 1. The van der Waals surface area contributed by atoms with Crippen molar-refractivity contribution >= 4 is 23.3 Å². The number of carbonyl (C=O) groups is 1. The number of ketones is 1. The van der Waals surface area contributed by atoms with Gasteiger partial charge in [0.25, 0.3) is 0 Å². The molecule has 0 aliphatic heterocycles. The topological polar surface area (TPSA) is 66.9 Å². The molecule has 16 heavy (non-hydrogen) atoms. The number of Topliss-reactive ketones (excluding diaryl/α,β-unsaturated/α-hetero) is 1. The molecule has 0 unspecified atom stereocenters. The van der Waals surface area contributed by atoms with Crippen LogP contribution in [0.15, 0.2) is 18.7 Å². The third kappa shape index (κ3) is 1.65. The summed E-state index contributed by atoms with van der Waals surface area (Å²) in [4.78, 5) is 11.7. The van der Waals surface area contributed by atoms with E-state index in [1.165, 1.54) is 6.21 Å². The Morgan fingerprint density at radius 3 is 2.81 bits per heavy atom. The van der Waals surface area contributed by atoms with Crippen molar-refractivity contribution in [3.8, 4) is 0 Å². The predicted octanol–water partition coefficient (Wildman–Crippen LogP) is 2.19. The minimum absolute atomic E-state index is 0.0967. The molecule has 0 radical (unpaired) electrons. The van der Waals surface area contributed by atoms with E-state index >= 15 is 0 Å². The Morgan fingerprint density at radius 2 is 2.12 bits per heavy atom. The molecule has 2 rings (SSSR count). The number of benzene rings is 1. The van der Waals surface area contributed by atoms with E-state index in [2.05, 4.69) is 6.58 Å². The molecule has 0 amide bonds. The number of anilines is 1. The van der Waals surface area contributed by atoms with Gasteiger partial charge < -0.3 is 11.1 Å². The van der Waals surface area contributed by atoms with Gasteiger partial charge in [-0.25, -0.2) is 0 Å². The molecule has 1 aliphatic rings. The van der Waals surface area contributed by atoms with Gasteiger partial charge in [0.1, 0.15) is 0 Å². The fourth-order valence-electron chi connectivity index (χ4n) is 2.03. The number of hydrogen-bond donors (Lipinski definition) is 2. The molecule has 0 aromatic heterocycles. The Morgan fingerprint density at radius 1 is 1.38 bits per heavy atom. The van der Waals surface area contributed by atoms with Crippen molar-refractivity contribution < 1.29 is 4.79 Å². The molecule has 1 aromatic carbocycles. The van der Waals surface area contributed by atoms with Crippen LogP contribution in [0.4, 0.5) is 5.69 Å². The minimum Gasteiger partial charge on any atom is -0.398 e. The first kappa shape index (κ1) is 10.6. The van der Waals surface area contributed by atoms with E-state index < -0.39 is 0 Å². The van der Waals surface area contributed by atoms with Gasteiger partial charge >= 0.3 is 0 Å². The number of aryl methyl sites for hydroxylation is 1. The standard InChI is InChI=1S/C13H14N2O/c1-8-11-5-10(7-14)12(15)6-9(11)3-2-4-13(8)16/h5-7,14H,1-4,15H2. The first-order chi connectivity index (χ1) is 7.63. The third-order valence-corrected chi connectivity index (χ3v) is 2.98. The molecule has 3 nitrogen and oxygen atoms in total. The van der Waals surface area contributed by atoms with Crippen molar-refractivity contribution in [3.05, 3.63) is 35.4 Å². The van der Waals surface area contributed by atoms with Gasteiger partial charge in [0, 0.05) is 29.5 Å². The normalized spacial score (nSPS) is 15.5. The van der Waals surface area contributed by atoms with Crippen molar-refractivity contribution in [3.63, 3.8) is 0 Å². The van der Waals surface area contributed by atoms with E-state index in [1.807, 2.05) is 6.07 Å². The number of nitrogen functional groups attached to an aromatic ring is 1. The molecule has 3 N–H and O–H groups in total. The molecule has 0 atom stereocenters. The van der Waals surface area contributed by atoms with Crippen LogP contribution in [0.3, 0.4) is 0 Å².